The quantitative estimate of drug-likeness (QED) is 0.849. The van der Waals surface area contributed by atoms with Crippen molar-refractivity contribution in [1.29, 1.82) is 0 Å². The van der Waals surface area contributed by atoms with Gasteiger partial charge in [0.25, 0.3) is 0 Å². The monoisotopic (exact) mass is 261 g/mol. The zero-order valence-corrected chi connectivity index (χ0v) is 10.6. The van der Waals surface area contributed by atoms with E-state index in [4.69, 9.17) is 9.84 Å². The van der Waals surface area contributed by atoms with Gasteiger partial charge < -0.3 is 9.84 Å². The van der Waals surface area contributed by atoms with Crippen LogP contribution in [0.15, 0.2) is 30.5 Å². The summed E-state index contributed by atoms with van der Waals surface area (Å²) in [6.45, 7) is 0.548. The van der Waals surface area contributed by atoms with E-state index >= 15 is 0 Å². The maximum atomic E-state index is 10.6. The molecule has 0 aliphatic carbocycles. The predicted octanol–water partition coefficient (Wildman–Crippen LogP) is 1.35. The topological polar surface area (TPSA) is 77.2 Å². The van der Waals surface area contributed by atoms with Crippen LogP contribution in [-0.2, 0) is 17.8 Å². The second kappa shape index (κ2) is 5.99. The van der Waals surface area contributed by atoms with E-state index in [0.717, 1.165) is 17.0 Å². The summed E-state index contributed by atoms with van der Waals surface area (Å²) in [5.41, 5.74) is 1.84. The summed E-state index contributed by atoms with van der Waals surface area (Å²) >= 11 is 0. The van der Waals surface area contributed by atoms with Crippen LogP contribution in [0.25, 0.3) is 0 Å². The molecule has 0 aliphatic heterocycles. The predicted molar refractivity (Wildman–Crippen MR) is 68.1 cm³/mol. The maximum Gasteiger partial charge on any atom is 0.303 e. The van der Waals surface area contributed by atoms with Crippen LogP contribution in [0.5, 0.6) is 5.75 Å². The molecule has 0 aliphatic rings. The van der Waals surface area contributed by atoms with Gasteiger partial charge in [-0.25, -0.2) is 4.68 Å². The highest BCUT2D eigenvalue weighted by atomic mass is 16.5. The van der Waals surface area contributed by atoms with Crippen molar-refractivity contribution < 1.29 is 14.6 Å². The van der Waals surface area contributed by atoms with E-state index in [-0.39, 0.29) is 6.42 Å². The molecule has 0 atom stereocenters. The van der Waals surface area contributed by atoms with E-state index in [1.807, 2.05) is 24.3 Å². The number of methoxy groups -OCH3 is 1. The molecule has 0 amide bonds. The molecule has 1 aromatic carbocycles. The molecular weight excluding hydrogens is 246 g/mol. The first-order valence-electron chi connectivity index (χ1n) is 5.91. The zero-order valence-electron chi connectivity index (χ0n) is 10.6. The van der Waals surface area contributed by atoms with Gasteiger partial charge in [0.1, 0.15) is 5.75 Å². The minimum Gasteiger partial charge on any atom is -0.497 e. The molecule has 2 rings (SSSR count). The van der Waals surface area contributed by atoms with Gasteiger partial charge in [0.2, 0.25) is 0 Å². The molecular formula is C13H15N3O3. The SMILES string of the molecule is COc1cccc(Cn2nncc2CCC(=O)O)c1. The van der Waals surface area contributed by atoms with E-state index in [1.165, 1.54) is 0 Å². The molecule has 2 aromatic rings. The molecule has 0 fully saturated rings. The Morgan fingerprint density at radius 3 is 3.05 bits per heavy atom. The number of carboxylic acid groups (broad SMARTS) is 1. The second-order valence-electron chi connectivity index (χ2n) is 4.13. The smallest absolute Gasteiger partial charge is 0.303 e. The largest absolute Gasteiger partial charge is 0.497 e. The summed E-state index contributed by atoms with van der Waals surface area (Å²) in [6, 6.07) is 7.66. The van der Waals surface area contributed by atoms with Crippen LogP contribution in [0.2, 0.25) is 0 Å². The van der Waals surface area contributed by atoms with E-state index < -0.39 is 5.97 Å². The van der Waals surface area contributed by atoms with Crippen molar-refractivity contribution in [2.24, 2.45) is 0 Å². The number of carbonyl (C=O) groups is 1. The highest BCUT2D eigenvalue weighted by Crippen LogP contribution is 2.14. The van der Waals surface area contributed by atoms with Crippen LogP contribution in [-0.4, -0.2) is 33.2 Å². The van der Waals surface area contributed by atoms with Crippen molar-refractivity contribution in [3.8, 4) is 5.75 Å². The van der Waals surface area contributed by atoms with E-state index in [2.05, 4.69) is 10.3 Å². The summed E-state index contributed by atoms with van der Waals surface area (Å²) in [4.78, 5) is 10.6. The Balaban J connectivity index is 2.10. The molecule has 0 radical (unpaired) electrons. The van der Waals surface area contributed by atoms with Crippen LogP contribution in [0.3, 0.4) is 0 Å². The first-order chi connectivity index (χ1) is 9.19. The van der Waals surface area contributed by atoms with Gasteiger partial charge in [-0.2, -0.15) is 0 Å². The first kappa shape index (κ1) is 13.1. The number of hydrogen-bond donors (Lipinski definition) is 1. The van der Waals surface area contributed by atoms with Gasteiger partial charge in [0.05, 0.1) is 32.0 Å². The minimum atomic E-state index is -0.825. The number of rotatable bonds is 6. The van der Waals surface area contributed by atoms with Gasteiger partial charge in [-0.05, 0) is 17.7 Å². The Morgan fingerprint density at radius 2 is 2.32 bits per heavy atom. The number of carboxylic acids is 1. The third-order valence-electron chi connectivity index (χ3n) is 2.76. The Bertz CT molecular complexity index is 566. The van der Waals surface area contributed by atoms with Gasteiger partial charge >= 0.3 is 5.97 Å². The van der Waals surface area contributed by atoms with Crippen molar-refractivity contribution in [1.82, 2.24) is 15.0 Å². The fraction of sp³-hybridized carbons (Fsp3) is 0.308. The normalized spacial score (nSPS) is 10.4. The average molecular weight is 261 g/mol. The van der Waals surface area contributed by atoms with E-state index in [9.17, 15) is 4.79 Å². The fourth-order valence-electron chi connectivity index (χ4n) is 1.78. The number of aromatic nitrogens is 3. The third-order valence-corrected chi connectivity index (χ3v) is 2.76. The third kappa shape index (κ3) is 3.54. The summed E-state index contributed by atoms with van der Waals surface area (Å²) in [5, 5.41) is 16.5. The van der Waals surface area contributed by atoms with Crippen molar-refractivity contribution in [2.45, 2.75) is 19.4 Å². The van der Waals surface area contributed by atoms with Crippen molar-refractivity contribution in [3.63, 3.8) is 0 Å². The molecule has 100 valence electrons. The van der Waals surface area contributed by atoms with Crippen LogP contribution in [0, 0.1) is 0 Å². The number of ether oxygens (including phenoxy) is 1. The van der Waals surface area contributed by atoms with Crippen LogP contribution < -0.4 is 4.74 Å². The molecule has 0 saturated heterocycles. The summed E-state index contributed by atoms with van der Waals surface area (Å²) in [7, 11) is 1.62. The summed E-state index contributed by atoms with van der Waals surface area (Å²) in [6.07, 6.45) is 2.10. The lowest BCUT2D eigenvalue weighted by Crippen LogP contribution is -2.08. The standard InChI is InChI=1S/C13H15N3O3/c1-19-12-4-2-3-10(7-12)9-16-11(8-14-15-16)5-6-13(17)18/h2-4,7-8H,5-6,9H2,1H3,(H,17,18). The lowest BCUT2D eigenvalue weighted by molar-refractivity contribution is -0.136. The van der Waals surface area contributed by atoms with Crippen molar-refractivity contribution in [2.75, 3.05) is 7.11 Å². The molecule has 0 saturated carbocycles. The molecule has 0 unspecified atom stereocenters. The fourth-order valence-corrected chi connectivity index (χ4v) is 1.78. The number of nitrogens with zero attached hydrogens (tertiary/aromatic N) is 3. The Labute approximate surface area is 110 Å². The molecule has 6 heteroatoms. The van der Waals surface area contributed by atoms with Crippen molar-refractivity contribution in [3.05, 3.63) is 41.7 Å². The lowest BCUT2D eigenvalue weighted by atomic mass is 10.2. The molecule has 1 aromatic heterocycles. The first-order valence-corrected chi connectivity index (χ1v) is 5.91. The van der Waals surface area contributed by atoms with Crippen LogP contribution in [0.1, 0.15) is 17.7 Å². The molecule has 0 spiro atoms. The number of aryl methyl sites for hydroxylation is 1. The Kier molecular flexibility index (Phi) is 4.12. The lowest BCUT2D eigenvalue weighted by Gasteiger charge is -2.07. The van der Waals surface area contributed by atoms with E-state index in [1.54, 1.807) is 18.0 Å². The van der Waals surface area contributed by atoms with Crippen LogP contribution >= 0.6 is 0 Å². The Morgan fingerprint density at radius 1 is 1.47 bits per heavy atom. The zero-order chi connectivity index (χ0) is 13.7. The molecule has 1 heterocycles. The van der Waals surface area contributed by atoms with Gasteiger partial charge in [-0.1, -0.05) is 17.3 Å². The van der Waals surface area contributed by atoms with E-state index in [0.29, 0.717) is 13.0 Å². The van der Waals surface area contributed by atoms with Gasteiger partial charge in [-0.15, -0.1) is 5.10 Å². The summed E-state index contributed by atoms with van der Waals surface area (Å²) in [5.74, 6) is -0.0427. The summed E-state index contributed by atoms with van der Waals surface area (Å²) < 4.78 is 6.87. The van der Waals surface area contributed by atoms with Gasteiger partial charge in [-0.3, -0.25) is 4.79 Å². The highest BCUT2D eigenvalue weighted by Gasteiger charge is 2.07. The number of aliphatic carboxylic acids is 1. The number of hydrogen-bond acceptors (Lipinski definition) is 4. The van der Waals surface area contributed by atoms with Gasteiger partial charge in [0.15, 0.2) is 0 Å². The molecule has 6 nitrogen and oxygen atoms in total. The maximum absolute atomic E-state index is 10.6. The minimum absolute atomic E-state index is 0.0749. The highest BCUT2D eigenvalue weighted by molar-refractivity contribution is 5.66. The van der Waals surface area contributed by atoms with Crippen LogP contribution in [0.4, 0.5) is 0 Å². The van der Waals surface area contributed by atoms with Crippen molar-refractivity contribution >= 4 is 5.97 Å². The molecule has 19 heavy (non-hydrogen) atoms. The number of benzene rings is 1. The Hall–Kier alpha value is -2.37. The van der Waals surface area contributed by atoms with Gasteiger partial charge in [0, 0.05) is 6.42 Å². The molecule has 0 bridgehead atoms. The molecule has 1 N–H and O–H groups in total. The average Bonchev–Trinajstić information content (AvgIpc) is 2.84. The second-order valence-corrected chi connectivity index (χ2v) is 4.13.